The van der Waals surface area contributed by atoms with Crippen LogP contribution < -0.4 is 4.90 Å². The summed E-state index contributed by atoms with van der Waals surface area (Å²) >= 11 is 0. The van der Waals surface area contributed by atoms with Gasteiger partial charge in [0.2, 0.25) is 15.9 Å². The van der Waals surface area contributed by atoms with Gasteiger partial charge in [0.25, 0.3) is 0 Å². The van der Waals surface area contributed by atoms with E-state index in [-0.39, 0.29) is 17.1 Å². The van der Waals surface area contributed by atoms with Crippen LogP contribution in [-0.2, 0) is 20.2 Å². The molecule has 2 heterocycles. The number of amides is 1. The van der Waals surface area contributed by atoms with Gasteiger partial charge in [-0.3, -0.25) is 4.79 Å². The third-order valence-corrected chi connectivity index (χ3v) is 7.73. The lowest BCUT2D eigenvalue weighted by atomic mass is 9.99. The molecule has 0 N–H and O–H groups in total. The van der Waals surface area contributed by atoms with E-state index >= 15 is 0 Å². The molecular weight excluding hydrogens is 324 g/mol. The Morgan fingerprint density at radius 1 is 1.29 bits per heavy atom. The Morgan fingerprint density at radius 3 is 2.75 bits per heavy atom. The van der Waals surface area contributed by atoms with Crippen LogP contribution in [0.1, 0.15) is 44.6 Å². The van der Waals surface area contributed by atoms with Gasteiger partial charge >= 0.3 is 0 Å². The fraction of sp³-hybridized carbons (Fsp3) is 0.611. The van der Waals surface area contributed by atoms with E-state index in [9.17, 15) is 13.2 Å². The fourth-order valence-corrected chi connectivity index (χ4v) is 6.02. The Bertz CT molecular complexity index is 770. The maximum atomic E-state index is 13.2. The molecule has 0 aromatic heterocycles. The number of anilines is 1. The van der Waals surface area contributed by atoms with Crippen molar-refractivity contribution in [2.45, 2.75) is 50.5 Å². The van der Waals surface area contributed by atoms with Crippen molar-refractivity contribution in [3.63, 3.8) is 0 Å². The highest BCUT2D eigenvalue weighted by molar-refractivity contribution is 7.89. The van der Waals surface area contributed by atoms with Gasteiger partial charge in [0, 0.05) is 24.2 Å². The number of fused-ring (bicyclic) bond motifs is 2. The highest BCUT2D eigenvalue weighted by atomic mass is 32.2. The lowest BCUT2D eigenvalue weighted by Gasteiger charge is -2.28. The van der Waals surface area contributed by atoms with Crippen LogP contribution in [-0.4, -0.2) is 43.5 Å². The van der Waals surface area contributed by atoms with Crippen LogP contribution in [0.4, 0.5) is 5.69 Å². The molecule has 1 aromatic carbocycles. The number of sulfonamides is 1. The van der Waals surface area contributed by atoms with Gasteiger partial charge < -0.3 is 4.90 Å². The molecule has 1 aromatic rings. The number of hydrogen-bond acceptors (Lipinski definition) is 3. The Balaban J connectivity index is 1.63. The van der Waals surface area contributed by atoms with Crippen molar-refractivity contribution >= 4 is 21.6 Å². The van der Waals surface area contributed by atoms with Crippen LogP contribution >= 0.6 is 0 Å². The van der Waals surface area contributed by atoms with E-state index in [1.165, 1.54) is 9.87 Å². The predicted molar refractivity (Wildman–Crippen MR) is 93.5 cm³/mol. The van der Waals surface area contributed by atoms with Crippen molar-refractivity contribution in [2.75, 3.05) is 23.7 Å². The van der Waals surface area contributed by atoms with E-state index < -0.39 is 16.1 Å². The van der Waals surface area contributed by atoms with E-state index in [1.807, 2.05) is 30.0 Å². The van der Waals surface area contributed by atoms with Crippen molar-refractivity contribution in [1.82, 2.24) is 4.31 Å². The quantitative estimate of drug-likeness (QED) is 0.839. The van der Waals surface area contributed by atoms with Gasteiger partial charge in [-0.25, -0.2) is 8.42 Å². The molecule has 1 aliphatic carbocycles. The molecule has 1 unspecified atom stereocenters. The van der Waals surface area contributed by atoms with Gasteiger partial charge in [0.1, 0.15) is 6.04 Å². The third-order valence-electron chi connectivity index (χ3n) is 5.65. The van der Waals surface area contributed by atoms with E-state index in [4.69, 9.17) is 0 Å². The van der Waals surface area contributed by atoms with Crippen molar-refractivity contribution in [3.8, 4) is 0 Å². The average Bonchev–Trinajstić information content (AvgIpc) is 3.04. The van der Waals surface area contributed by atoms with Crippen molar-refractivity contribution in [2.24, 2.45) is 0 Å². The van der Waals surface area contributed by atoms with Gasteiger partial charge in [0.15, 0.2) is 0 Å². The second kappa shape index (κ2) is 5.56. The number of nitrogens with zero attached hydrogens (tertiary/aromatic N) is 2. The minimum Gasteiger partial charge on any atom is -0.310 e. The van der Waals surface area contributed by atoms with E-state index in [0.29, 0.717) is 25.9 Å². The standard InChI is InChI=1S/C18H24N2O3S/c1-2-12-24(22,23)20-11-5-8-16(20)17(21)19-13-18(9-10-18)14-6-3-4-7-15(14)19/h3-4,6-7,16H,2,5,8-13H2,1H3. The first-order valence-electron chi connectivity index (χ1n) is 8.89. The lowest BCUT2D eigenvalue weighted by Crippen LogP contribution is -2.48. The summed E-state index contributed by atoms with van der Waals surface area (Å²) in [5, 5.41) is 0. The fourth-order valence-electron chi connectivity index (χ4n) is 4.28. The van der Waals surface area contributed by atoms with Crippen molar-refractivity contribution < 1.29 is 13.2 Å². The predicted octanol–water partition coefficient (Wildman–Crippen LogP) is 2.27. The molecular formula is C18H24N2O3S. The highest BCUT2D eigenvalue weighted by Crippen LogP contribution is 2.56. The summed E-state index contributed by atoms with van der Waals surface area (Å²) in [7, 11) is -3.34. The number of carbonyl (C=O) groups excluding carboxylic acids is 1. The second-order valence-electron chi connectivity index (χ2n) is 7.31. The smallest absolute Gasteiger partial charge is 0.245 e. The molecule has 130 valence electrons. The topological polar surface area (TPSA) is 57.7 Å². The molecule has 1 amide bonds. The molecule has 1 spiro atoms. The Kier molecular flexibility index (Phi) is 3.73. The van der Waals surface area contributed by atoms with Gasteiger partial charge in [-0.2, -0.15) is 4.31 Å². The second-order valence-corrected chi connectivity index (χ2v) is 9.35. The van der Waals surface area contributed by atoms with Crippen LogP contribution in [0.15, 0.2) is 24.3 Å². The monoisotopic (exact) mass is 348 g/mol. The molecule has 0 radical (unpaired) electrons. The maximum Gasteiger partial charge on any atom is 0.245 e. The summed E-state index contributed by atoms with van der Waals surface area (Å²) < 4.78 is 26.5. The van der Waals surface area contributed by atoms with Crippen molar-refractivity contribution in [3.05, 3.63) is 29.8 Å². The zero-order valence-corrected chi connectivity index (χ0v) is 14.9. The summed E-state index contributed by atoms with van der Waals surface area (Å²) in [6.45, 7) is 3.04. The number of hydrogen-bond donors (Lipinski definition) is 0. The van der Waals surface area contributed by atoms with Gasteiger partial charge in [-0.05, 0) is 43.7 Å². The van der Waals surface area contributed by atoms with Crippen LogP contribution in [0.3, 0.4) is 0 Å². The SMILES string of the molecule is CCCS(=O)(=O)N1CCCC1C(=O)N1CC2(CC2)c2ccccc21. The largest absolute Gasteiger partial charge is 0.310 e. The minimum absolute atomic E-state index is 0.0385. The number of carbonyl (C=O) groups is 1. The number of para-hydroxylation sites is 1. The van der Waals surface area contributed by atoms with Gasteiger partial charge in [0.05, 0.1) is 5.75 Å². The van der Waals surface area contributed by atoms with Gasteiger partial charge in [-0.1, -0.05) is 25.1 Å². The zero-order valence-electron chi connectivity index (χ0n) is 14.1. The maximum absolute atomic E-state index is 13.2. The molecule has 1 saturated heterocycles. The van der Waals surface area contributed by atoms with Crippen LogP contribution in [0.2, 0.25) is 0 Å². The number of benzene rings is 1. The molecule has 5 nitrogen and oxygen atoms in total. The molecule has 2 fully saturated rings. The first-order valence-corrected chi connectivity index (χ1v) is 10.5. The molecule has 3 aliphatic rings. The molecule has 2 aliphatic heterocycles. The first-order chi connectivity index (χ1) is 11.5. The van der Waals surface area contributed by atoms with Gasteiger partial charge in [-0.15, -0.1) is 0 Å². The molecule has 1 atom stereocenters. The highest BCUT2D eigenvalue weighted by Gasteiger charge is 2.54. The van der Waals surface area contributed by atoms with E-state index in [0.717, 1.165) is 24.9 Å². The summed E-state index contributed by atoms with van der Waals surface area (Å²) in [6, 6.07) is 7.58. The normalized spacial score (nSPS) is 25.2. The summed E-state index contributed by atoms with van der Waals surface area (Å²) in [4.78, 5) is 15.1. The summed E-state index contributed by atoms with van der Waals surface area (Å²) in [5.74, 6) is 0.0838. The van der Waals surface area contributed by atoms with Crippen LogP contribution in [0, 0.1) is 0 Å². The summed E-state index contributed by atoms with van der Waals surface area (Å²) in [6.07, 6.45) is 4.22. The minimum atomic E-state index is -3.34. The van der Waals surface area contributed by atoms with E-state index in [2.05, 4.69) is 6.07 Å². The van der Waals surface area contributed by atoms with Crippen LogP contribution in [0.5, 0.6) is 0 Å². The zero-order chi connectivity index (χ0) is 16.9. The van der Waals surface area contributed by atoms with Crippen LogP contribution in [0.25, 0.3) is 0 Å². The van der Waals surface area contributed by atoms with E-state index in [1.54, 1.807) is 0 Å². The Labute approximate surface area is 143 Å². The molecule has 4 rings (SSSR count). The lowest BCUT2D eigenvalue weighted by molar-refractivity contribution is -0.121. The first kappa shape index (κ1) is 16.1. The third kappa shape index (κ3) is 2.39. The van der Waals surface area contributed by atoms with Crippen molar-refractivity contribution in [1.29, 1.82) is 0 Å². The molecule has 0 bridgehead atoms. The Morgan fingerprint density at radius 2 is 2.04 bits per heavy atom. The molecule has 24 heavy (non-hydrogen) atoms. The number of rotatable bonds is 4. The molecule has 6 heteroatoms. The average molecular weight is 348 g/mol. The summed E-state index contributed by atoms with van der Waals surface area (Å²) in [5.41, 5.74) is 2.39. The molecule has 1 saturated carbocycles. The Hall–Kier alpha value is -1.40.